The Morgan fingerprint density at radius 1 is 1.38 bits per heavy atom. The molecule has 1 amide bonds. The number of amides is 1. The molecular weight excluding hydrogens is 473 g/mol. The lowest BCUT2D eigenvalue weighted by Gasteiger charge is -2.38. The molecule has 2 aliphatic heterocycles. The standard InChI is InChI=1S/C17H26N9O7P/c1-23-4-9(20-6-23)2-10(18)17(29)26(34(30,31)32)25-8-22-16-14(15(25)19)21-7-24(16)13-3-11(28)12(5-27)33-13/h4,6-8,10-13,15,27-28H,2-3,5,18-19H2,1H3,(H2,30,31,32)/t10-,11?,12+,13+,15?/m0/s1. The number of rotatable bonds is 7. The van der Waals surface area contributed by atoms with Crippen LogP contribution in [0.1, 0.15) is 30.2 Å². The number of aryl methyl sites for hydroxylation is 1. The van der Waals surface area contributed by atoms with E-state index in [4.69, 9.17) is 16.2 Å². The molecule has 2 aliphatic rings. The molecule has 0 radical (unpaired) electrons. The van der Waals surface area contributed by atoms with E-state index < -0.39 is 44.3 Å². The maximum absolute atomic E-state index is 13.0. The van der Waals surface area contributed by atoms with E-state index in [1.54, 1.807) is 17.8 Å². The van der Waals surface area contributed by atoms with Crippen LogP contribution >= 0.6 is 7.75 Å². The Morgan fingerprint density at radius 2 is 2.12 bits per heavy atom. The molecule has 1 fully saturated rings. The third-order valence-electron chi connectivity index (χ3n) is 5.52. The average molecular weight is 499 g/mol. The van der Waals surface area contributed by atoms with Gasteiger partial charge < -0.3 is 40.8 Å². The second-order valence-electron chi connectivity index (χ2n) is 8.03. The normalized spacial score (nSPS) is 25.4. The van der Waals surface area contributed by atoms with Crippen LogP contribution in [-0.4, -0.2) is 86.0 Å². The second kappa shape index (κ2) is 9.16. The van der Waals surface area contributed by atoms with E-state index in [9.17, 15) is 29.4 Å². The number of aliphatic hydroxyl groups excluding tert-OH is 2. The number of hydrazine groups is 1. The summed E-state index contributed by atoms with van der Waals surface area (Å²) in [6.07, 6.45) is 1.92. The fourth-order valence-corrected chi connectivity index (χ4v) is 4.69. The summed E-state index contributed by atoms with van der Waals surface area (Å²) < 4.78 is 21.2. The van der Waals surface area contributed by atoms with Crippen LogP contribution in [0.25, 0.3) is 0 Å². The maximum atomic E-state index is 13.0. The molecule has 17 heteroatoms. The van der Waals surface area contributed by atoms with Gasteiger partial charge in [0.15, 0.2) is 5.82 Å². The van der Waals surface area contributed by atoms with Crippen molar-refractivity contribution in [2.75, 3.05) is 6.61 Å². The largest absolute Gasteiger partial charge is 0.451 e. The van der Waals surface area contributed by atoms with Crippen molar-refractivity contribution in [2.45, 2.75) is 43.5 Å². The van der Waals surface area contributed by atoms with Gasteiger partial charge in [-0.1, -0.05) is 0 Å². The zero-order valence-corrected chi connectivity index (χ0v) is 19.0. The van der Waals surface area contributed by atoms with Crippen molar-refractivity contribution in [2.24, 2.45) is 23.5 Å². The molecule has 0 aliphatic carbocycles. The number of hydrogen-bond acceptors (Lipinski definition) is 11. The fourth-order valence-electron chi connectivity index (χ4n) is 3.86. The molecule has 0 saturated carbocycles. The lowest BCUT2D eigenvalue weighted by molar-refractivity contribution is -0.138. The van der Waals surface area contributed by atoms with Crippen LogP contribution in [0.3, 0.4) is 0 Å². The van der Waals surface area contributed by atoms with E-state index in [-0.39, 0.29) is 35.7 Å². The summed E-state index contributed by atoms with van der Waals surface area (Å²) in [4.78, 5) is 45.3. The van der Waals surface area contributed by atoms with E-state index in [1.807, 2.05) is 0 Å². The number of carbonyl (C=O) groups is 1. The molecule has 34 heavy (non-hydrogen) atoms. The predicted octanol–water partition coefficient (Wildman–Crippen LogP) is -2.40. The Balaban J connectivity index is 1.58. The highest BCUT2D eigenvalue weighted by Crippen LogP contribution is 2.45. The minimum atomic E-state index is -5.22. The van der Waals surface area contributed by atoms with Gasteiger partial charge in [0.05, 0.1) is 37.1 Å². The van der Waals surface area contributed by atoms with Gasteiger partial charge in [0.1, 0.15) is 30.5 Å². The molecule has 5 atom stereocenters. The Bertz CT molecular complexity index is 1130. The van der Waals surface area contributed by atoms with Crippen LogP contribution in [0.5, 0.6) is 0 Å². The summed E-state index contributed by atoms with van der Waals surface area (Å²) in [6, 6.07) is -1.33. The summed E-state index contributed by atoms with van der Waals surface area (Å²) in [7, 11) is -3.50. The highest BCUT2D eigenvalue weighted by molar-refractivity contribution is 7.49. The maximum Gasteiger partial charge on any atom is 0.451 e. The monoisotopic (exact) mass is 499 g/mol. The number of nitrogens with zero attached hydrogens (tertiary/aromatic N) is 7. The van der Waals surface area contributed by atoms with Crippen molar-refractivity contribution >= 4 is 25.8 Å². The summed E-state index contributed by atoms with van der Waals surface area (Å²) in [5.41, 5.74) is 12.7. The van der Waals surface area contributed by atoms with Crippen molar-refractivity contribution in [1.29, 1.82) is 0 Å². The van der Waals surface area contributed by atoms with Gasteiger partial charge in [0.2, 0.25) is 0 Å². The summed E-state index contributed by atoms with van der Waals surface area (Å²) in [5.74, 6) is -0.868. The van der Waals surface area contributed by atoms with Gasteiger partial charge in [-0.25, -0.2) is 24.5 Å². The Kier molecular flexibility index (Phi) is 6.58. The van der Waals surface area contributed by atoms with E-state index in [0.29, 0.717) is 5.69 Å². The van der Waals surface area contributed by atoms with Crippen molar-refractivity contribution in [3.63, 3.8) is 0 Å². The molecule has 4 heterocycles. The average Bonchev–Trinajstić information content (AvgIpc) is 3.47. The summed E-state index contributed by atoms with van der Waals surface area (Å²) in [5, 5.41) is 20.1. The van der Waals surface area contributed by atoms with Gasteiger partial charge in [0, 0.05) is 26.1 Å². The molecule has 2 aromatic rings. The van der Waals surface area contributed by atoms with Gasteiger partial charge in [-0.05, 0) is 0 Å². The molecule has 0 aromatic carbocycles. The Labute approximate surface area is 193 Å². The zero-order valence-electron chi connectivity index (χ0n) is 18.1. The molecular formula is C17H26N9O7P. The van der Waals surface area contributed by atoms with E-state index >= 15 is 0 Å². The smallest absolute Gasteiger partial charge is 0.394 e. The first kappa shape index (κ1) is 24.4. The van der Waals surface area contributed by atoms with Crippen LogP contribution in [0.2, 0.25) is 0 Å². The number of fused-ring (bicyclic) bond motifs is 1. The Morgan fingerprint density at radius 3 is 2.71 bits per heavy atom. The van der Waals surface area contributed by atoms with E-state index in [0.717, 1.165) is 11.3 Å². The van der Waals surface area contributed by atoms with Gasteiger partial charge in [-0.3, -0.25) is 9.36 Å². The van der Waals surface area contributed by atoms with Gasteiger partial charge in [-0.2, -0.15) is 0 Å². The van der Waals surface area contributed by atoms with Crippen molar-refractivity contribution in [1.82, 2.24) is 28.9 Å². The SMILES string of the molecule is Cn1cnc(C[C@H](N)C(=O)N(N2C=Nc3c(ncn3[C@H]3CC(O)[C@@H](CO)O3)C2N)P(=O)(O)O)c1. The number of aliphatic hydroxyl groups is 2. The minimum absolute atomic E-state index is 0.0658. The number of aliphatic imine (C=N–C) groups is 1. The second-order valence-corrected chi connectivity index (χ2v) is 9.43. The molecule has 16 nitrogen and oxygen atoms in total. The number of aromatic nitrogens is 4. The molecule has 2 aromatic heterocycles. The number of hydrogen-bond donors (Lipinski definition) is 6. The molecule has 0 spiro atoms. The van der Waals surface area contributed by atoms with Crippen LogP contribution in [0.15, 0.2) is 23.8 Å². The molecule has 4 rings (SSSR count). The minimum Gasteiger partial charge on any atom is -0.394 e. The number of nitrogens with two attached hydrogens (primary N) is 2. The van der Waals surface area contributed by atoms with Crippen LogP contribution < -0.4 is 11.5 Å². The number of carbonyl (C=O) groups excluding carboxylic acids is 1. The zero-order chi connectivity index (χ0) is 24.8. The summed E-state index contributed by atoms with van der Waals surface area (Å²) in [6.45, 7) is -0.372. The van der Waals surface area contributed by atoms with Gasteiger partial charge in [-0.15, -0.1) is 4.78 Å². The first-order valence-corrected chi connectivity index (χ1v) is 11.8. The lowest BCUT2D eigenvalue weighted by atomic mass is 10.1. The van der Waals surface area contributed by atoms with Crippen LogP contribution in [-0.2, 0) is 27.6 Å². The van der Waals surface area contributed by atoms with Crippen LogP contribution in [0.4, 0.5) is 5.82 Å². The van der Waals surface area contributed by atoms with Crippen molar-refractivity contribution in [3.05, 3.63) is 30.2 Å². The molecule has 8 N–H and O–H groups in total. The first-order chi connectivity index (χ1) is 16.0. The number of imidazole rings is 2. The molecule has 0 bridgehead atoms. The van der Waals surface area contributed by atoms with Gasteiger partial charge >= 0.3 is 7.75 Å². The van der Waals surface area contributed by atoms with E-state index in [2.05, 4.69) is 15.0 Å². The van der Waals surface area contributed by atoms with E-state index in [1.165, 1.54) is 17.2 Å². The fraction of sp³-hybridized carbons (Fsp3) is 0.529. The molecule has 2 unspecified atom stereocenters. The quantitative estimate of drug-likeness (QED) is 0.219. The van der Waals surface area contributed by atoms with Crippen molar-refractivity contribution in [3.8, 4) is 0 Å². The first-order valence-electron chi connectivity index (χ1n) is 10.2. The topological polar surface area (TPSA) is 231 Å². The van der Waals surface area contributed by atoms with Crippen molar-refractivity contribution < 1.29 is 34.1 Å². The molecule has 186 valence electrons. The molecule has 1 saturated heterocycles. The third kappa shape index (κ3) is 4.49. The summed E-state index contributed by atoms with van der Waals surface area (Å²) >= 11 is 0. The van der Waals surface area contributed by atoms with Gasteiger partial charge in [0.25, 0.3) is 5.91 Å². The lowest BCUT2D eigenvalue weighted by Crippen LogP contribution is -2.54. The predicted molar refractivity (Wildman–Crippen MR) is 115 cm³/mol. The number of ether oxygens (including phenoxy) is 1. The van der Waals surface area contributed by atoms with Crippen LogP contribution in [0, 0.1) is 0 Å². The highest BCUT2D eigenvalue weighted by atomic mass is 31.2. The Hall–Kier alpha value is -2.69. The third-order valence-corrected chi connectivity index (χ3v) is 6.42. The highest BCUT2D eigenvalue weighted by Gasteiger charge is 2.44.